The molecule has 13 heavy (non-hydrogen) atoms. The number of aromatic nitrogens is 1. The van der Waals surface area contributed by atoms with E-state index in [1.165, 1.54) is 0 Å². The van der Waals surface area contributed by atoms with Crippen molar-refractivity contribution >= 4 is 10.9 Å². The van der Waals surface area contributed by atoms with Crippen molar-refractivity contribution < 1.29 is 4.74 Å². The standard InChI is InChI=1S/C10H6N2O/c11-7-13-9-5-1-3-8-4-2-6-12-10(8)9/h1-6H. The van der Waals surface area contributed by atoms with E-state index >= 15 is 0 Å². The highest BCUT2D eigenvalue weighted by Crippen LogP contribution is 2.22. The third kappa shape index (κ3) is 1.30. The van der Waals surface area contributed by atoms with E-state index in [4.69, 9.17) is 10.00 Å². The normalized spacial score (nSPS) is 9.46. The molecule has 0 spiro atoms. The molecule has 1 aromatic heterocycles. The molecule has 2 aromatic rings. The van der Waals surface area contributed by atoms with E-state index in [-0.39, 0.29) is 0 Å². The van der Waals surface area contributed by atoms with Crippen molar-refractivity contribution in [2.45, 2.75) is 0 Å². The summed E-state index contributed by atoms with van der Waals surface area (Å²) in [6.07, 6.45) is 3.31. The molecule has 0 amide bonds. The number of hydrogen-bond acceptors (Lipinski definition) is 3. The Morgan fingerprint density at radius 1 is 1.23 bits per heavy atom. The van der Waals surface area contributed by atoms with Crippen LogP contribution in [0.1, 0.15) is 0 Å². The Hall–Kier alpha value is -2.08. The summed E-state index contributed by atoms with van der Waals surface area (Å²) in [6, 6.07) is 9.24. The summed E-state index contributed by atoms with van der Waals surface area (Å²) in [7, 11) is 0. The van der Waals surface area contributed by atoms with Crippen LogP contribution in [0.5, 0.6) is 5.75 Å². The minimum absolute atomic E-state index is 0.501. The zero-order valence-corrected chi connectivity index (χ0v) is 6.77. The van der Waals surface area contributed by atoms with Gasteiger partial charge in [0.15, 0.2) is 5.75 Å². The Labute approximate surface area is 75.2 Å². The van der Waals surface area contributed by atoms with Crippen molar-refractivity contribution in [2.75, 3.05) is 0 Å². The number of para-hydroxylation sites is 1. The van der Waals surface area contributed by atoms with Crippen molar-refractivity contribution in [3.05, 3.63) is 36.5 Å². The van der Waals surface area contributed by atoms with Crippen LogP contribution in [0.2, 0.25) is 0 Å². The minimum atomic E-state index is 0.501. The van der Waals surface area contributed by atoms with Gasteiger partial charge in [-0.15, -0.1) is 5.26 Å². The molecule has 3 heteroatoms. The van der Waals surface area contributed by atoms with Crippen LogP contribution < -0.4 is 4.74 Å². The summed E-state index contributed by atoms with van der Waals surface area (Å²) in [4.78, 5) is 4.12. The number of pyridine rings is 1. The Bertz CT molecular complexity index is 468. The van der Waals surface area contributed by atoms with Gasteiger partial charge < -0.3 is 4.74 Å². The van der Waals surface area contributed by atoms with Crippen molar-refractivity contribution in [1.29, 1.82) is 5.26 Å². The molecular formula is C10H6N2O. The number of hydrogen-bond donors (Lipinski definition) is 0. The van der Waals surface area contributed by atoms with E-state index in [0.717, 1.165) is 5.39 Å². The molecular weight excluding hydrogens is 164 g/mol. The van der Waals surface area contributed by atoms with Crippen LogP contribution in [0.4, 0.5) is 0 Å². The first-order chi connectivity index (χ1) is 6.42. The molecule has 0 atom stereocenters. The fourth-order valence-electron chi connectivity index (χ4n) is 1.21. The highest BCUT2D eigenvalue weighted by molar-refractivity contribution is 5.84. The van der Waals surface area contributed by atoms with Crippen molar-refractivity contribution in [2.24, 2.45) is 0 Å². The maximum absolute atomic E-state index is 8.38. The first-order valence-corrected chi connectivity index (χ1v) is 3.81. The van der Waals surface area contributed by atoms with E-state index in [0.29, 0.717) is 11.3 Å². The first kappa shape index (κ1) is 7.56. The molecule has 0 aliphatic heterocycles. The zero-order chi connectivity index (χ0) is 9.10. The molecule has 62 valence electrons. The monoisotopic (exact) mass is 170 g/mol. The van der Waals surface area contributed by atoms with Crippen LogP contribution in [-0.4, -0.2) is 4.98 Å². The van der Waals surface area contributed by atoms with E-state index in [9.17, 15) is 0 Å². The predicted octanol–water partition coefficient (Wildman–Crippen LogP) is 2.09. The van der Waals surface area contributed by atoms with Crippen LogP contribution in [0.25, 0.3) is 10.9 Å². The molecule has 1 aromatic carbocycles. The third-order valence-corrected chi connectivity index (χ3v) is 1.75. The van der Waals surface area contributed by atoms with Gasteiger partial charge >= 0.3 is 0 Å². The lowest BCUT2D eigenvalue weighted by atomic mass is 10.2. The largest absolute Gasteiger partial charge is 0.386 e. The first-order valence-electron chi connectivity index (χ1n) is 3.81. The summed E-state index contributed by atoms with van der Waals surface area (Å²) in [5, 5.41) is 9.35. The second-order valence-electron chi connectivity index (χ2n) is 2.52. The van der Waals surface area contributed by atoms with Crippen molar-refractivity contribution in [3.63, 3.8) is 0 Å². The smallest absolute Gasteiger partial charge is 0.292 e. The second kappa shape index (κ2) is 3.11. The van der Waals surface area contributed by atoms with Crippen LogP contribution >= 0.6 is 0 Å². The number of nitriles is 1. The van der Waals surface area contributed by atoms with Gasteiger partial charge in [0.1, 0.15) is 5.52 Å². The number of ether oxygens (including phenoxy) is 1. The van der Waals surface area contributed by atoms with E-state index in [2.05, 4.69) is 4.98 Å². The number of benzene rings is 1. The molecule has 0 saturated carbocycles. The maximum atomic E-state index is 8.38. The molecule has 0 radical (unpaired) electrons. The summed E-state index contributed by atoms with van der Waals surface area (Å²) in [5.74, 6) is 0.501. The Balaban J connectivity index is 2.70. The average Bonchev–Trinajstić information content (AvgIpc) is 2.19. The Morgan fingerprint density at radius 2 is 2.08 bits per heavy atom. The summed E-state index contributed by atoms with van der Waals surface area (Å²) < 4.78 is 4.76. The Morgan fingerprint density at radius 3 is 2.92 bits per heavy atom. The Kier molecular flexibility index (Phi) is 1.81. The van der Waals surface area contributed by atoms with Gasteiger partial charge in [-0.05, 0) is 12.1 Å². The topological polar surface area (TPSA) is 45.9 Å². The van der Waals surface area contributed by atoms with Gasteiger partial charge in [0.2, 0.25) is 0 Å². The molecule has 0 N–H and O–H groups in total. The van der Waals surface area contributed by atoms with Gasteiger partial charge in [-0.1, -0.05) is 18.2 Å². The molecule has 0 bridgehead atoms. The van der Waals surface area contributed by atoms with Gasteiger partial charge in [-0.2, -0.15) is 0 Å². The summed E-state index contributed by atoms with van der Waals surface area (Å²) in [6.45, 7) is 0. The number of fused-ring (bicyclic) bond motifs is 1. The lowest BCUT2D eigenvalue weighted by molar-refractivity contribution is 0.512. The van der Waals surface area contributed by atoms with Gasteiger partial charge in [0.05, 0.1) is 0 Å². The van der Waals surface area contributed by atoms with Crippen molar-refractivity contribution in [1.82, 2.24) is 4.98 Å². The lowest BCUT2D eigenvalue weighted by Crippen LogP contribution is -1.85. The second-order valence-corrected chi connectivity index (χ2v) is 2.52. The van der Waals surface area contributed by atoms with Gasteiger partial charge in [0.25, 0.3) is 6.26 Å². The zero-order valence-electron chi connectivity index (χ0n) is 6.77. The highest BCUT2D eigenvalue weighted by atomic mass is 16.5. The molecule has 0 fully saturated rings. The van der Waals surface area contributed by atoms with E-state index in [1.807, 2.05) is 24.3 Å². The van der Waals surface area contributed by atoms with Gasteiger partial charge in [-0.3, -0.25) is 4.98 Å². The molecule has 0 aliphatic rings. The van der Waals surface area contributed by atoms with Crippen LogP contribution in [-0.2, 0) is 0 Å². The summed E-state index contributed by atoms with van der Waals surface area (Å²) >= 11 is 0. The molecule has 0 aliphatic carbocycles. The SMILES string of the molecule is N#COc1cccc2cccnc12. The summed E-state index contributed by atoms with van der Waals surface area (Å²) in [5.41, 5.74) is 0.714. The minimum Gasteiger partial charge on any atom is -0.386 e. The number of nitrogens with zero attached hydrogens (tertiary/aromatic N) is 2. The quantitative estimate of drug-likeness (QED) is 0.615. The molecule has 0 unspecified atom stereocenters. The number of rotatable bonds is 1. The predicted molar refractivity (Wildman–Crippen MR) is 48.0 cm³/mol. The fourth-order valence-corrected chi connectivity index (χ4v) is 1.21. The highest BCUT2D eigenvalue weighted by Gasteiger charge is 2.00. The van der Waals surface area contributed by atoms with Gasteiger partial charge in [-0.25, -0.2) is 0 Å². The fraction of sp³-hybridized carbons (Fsp3) is 0. The van der Waals surface area contributed by atoms with Crippen LogP contribution in [0.15, 0.2) is 36.5 Å². The molecule has 2 rings (SSSR count). The maximum Gasteiger partial charge on any atom is 0.292 e. The van der Waals surface area contributed by atoms with Crippen molar-refractivity contribution in [3.8, 4) is 12.0 Å². The van der Waals surface area contributed by atoms with Gasteiger partial charge in [0, 0.05) is 11.6 Å². The molecule has 3 nitrogen and oxygen atoms in total. The van der Waals surface area contributed by atoms with Crippen LogP contribution in [0.3, 0.4) is 0 Å². The van der Waals surface area contributed by atoms with E-state index in [1.54, 1.807) is 18.5 Å². The third-order valence-electron chi connectivity index (χ3n) is 1.75. The molecule has 0 saturated heterocycles. The van der Waals surface area contributed by atoms with E-state index < -0.39 is 0 Å². The average molecular weight is 170 g/mol. The van der Waals surface area contributed by atoms with Crippen LogP contribution in [0, 0.1) is 11.5 Å². The lowest BCUT2D eigenvalue weighted by Gasteiger charge is -1.99. The molecule has 1 heterocycles.